The van der Waals surface area contributed by atoms with Gasteiger partial charge in [-0.3, -0.25) is 4.68 Å². The average molecular weight is 255 g/mol. The minimum Gasteiger partial charge on any atom is -0.399 e. The summed E-state index contributed by atoms with van der Waals surface area (Å²) in [5.74, 6) is 1.33. The van der Waals surface area contributed by atoms with Crippen LogP contribution in [0.15, 0.2) is 30.5 Å². The van der Waals surface area contributed by atoms with Crippen LogP contribution in [0.3, 0.4) is 0 Å². The van der Waals surface area contributed by atoms with Crippen LogP contribution in [0.4, 0.5) is 5.69 Å². The minimum atomic E-state index is 0.649. The van der Waals surface area contributed by atoms with Crippen molar-refractivity contribution in [1.29, 1.82) is 0 Å². The quantitative estimate of drug-likeness (QED) is 0.689. The summed E-state index contributed by atoms with van der Waals surface area (Å²) in [4.78, 5) is 0. The van der Waals surface area contributed by atoms with Gasteiger partial charge in [-0.25, -0.2) is 0 Å². The Morgan fingerprint density at radius 1 is 1.21 bits per heavy atom. The lowest BCUT2D eigenvalue weighted by molar-refractivity contribution is 0.715. The molecule has 0 amide bonds. The summed E-state index contributed by atoms with van der Waals surface area (Å²) in [6, 6.07) is 7.49. The zero-order valence-corrected chi connectivity index (χ0v) is 10.6. The SMILES string of the molecule is Cc1cc(N)ccc1-c1nnnn1-c1ccn(C)n1. The number of nitrogens with zero attached hydrogens (tertiary/aromatic N) is 6. The highest BCUT2D eigenvalue weighted by Gasteiger charge is 2.14. The van der Waals surface area contributed by atoms with Gasteiger partial charge in [-0.1, -0.05) is 0 Å². The molecule has 0 saturated heterocycles. The molecule has 0 saturated carbocycles. The van der Waals surface area contributed by atoms with Crippen molar-refractivity contribution >= 4 is 5.69 Å². The van der Waals surface area contributed by atoms with Crippen molar-refractivity contribution in [1.82, 2.24) is 30.0 Å². The average Bonchev–Trinajstić information content (AvgIpc) is 2.97. The summed E-state index contributed by atoms with van der Waals surface area (Å²) in [7, 11) is 1.85. The highest BCUT2D eigenvalue weighted by atomic mass is 15.6. The summed E-state index contributed by atoms with van der Waals surface area (Å²) >= 11 is 0. The van der Waals surface area contributed by atoms with Crippen LogP contribution >= 0.6 is 0 Å². The van der Waals surface area contributed by atoms with Crippen LogP contribution in [0.25, 0.3) is 17.2 Å². The topological polar surface area (TPSA) is 87.4 Å². The Hall–Kier alpha value is -2.70. The van der Waals surface area contributed by atoms with E-state index in [1.165, 1.54) is 0 Å². The van der Waals surface area contributed by atoms with Gasteiger partial charge in [0.15, 0.2) is 11.6 Å². The molecule has 2 aromatic heterocycles. The van der Waals surface area contributed by atoms with Crippen LogP contribution < -0.4 is 5.73 Å². The third-order valence-corrected chi connectivity index (χ3v) is 2.88. The molecule has 0 aliphatic carbocycles. The van der Waals surface area contributed by atoms with Crippen LogP contribution in [-0.2, 0) is 7.05 Å². The van der Waals surface area contributed by atoms with E-state index in [1.54, 1.807) is 9.36 Å². The first kappa shape index (κ1) is 11.4. The van der Waals surface area contributed by atoms with Gasteiger partial charge in [0.25, 0.3) is 0 Å². The van der Waals surface area contributed by atoms with Crippen LogP contribution in [0, 0.1) is 6.92 Å². The number of nitrogen functional groups attached to an aromatic ring is 1. The molecule has 19 heavy (non-hydrogen) atoms. The molecular weight excluding hydrogens is 242 g/mol. The van der Waals surface area contributed by atoms with Crippen molar-refractivity contribution in [2.45, 2.75) is 6.92 Å². The van der Waals surface area contributed by atoms with E-state index in [-0.39, 0.29) is 0 Å². The maximum atomic E-state index is 5.76. The van der Waals surface area contributed by atoms with Crippen molar-refractivity contribution in [2.24, 2.45) is 7.05 Å². The Kier molecular flexibility index (Phi) is 2.52. The molecule has 3 aromatic rings. The van der Waals surface area contributed by atoms with E-state index in [1.807, 2.05) is 44.4 Å². The molecule has 7 nitrogen and oxygen atoms in total. The summed E-state index contributed by atoms with van der Waals surface area (Å²) in [6.07, 6.45) is 1.84. The number of tetrazole rings is 1. The van der Waals surface area contributed by atoms with Gasteiger partial charge in [-0.15, -0.1) is 5.10 Å². The maximum Gasteiger partial charge on any atom is 0.189 e. The van der Waals surface area contributed by atoms with E-state index in [0.717, 1.165) is 16.8 Å². The van der Waals surface area contributed by atoms with Gasteiger partial charge < -0.3 is 5.73 Å². The minimum absolute atomic E-state index is 0.649. The van der Waals surface area contributed by atoms with Crippen molar-refractivity contribution in [3.05, 3.63) is 36.0 Å². The van der Waals surface area contributed by atoms with E-state index in [0.29, 0.717) is 11.6 Å². The van der Waals surface area contributed by atoms with Gasteiger partial charge in [0.05, 0.1) is 0 Å². The normalized spacial score (nSPS) is 10.8. The smallest absolute Gasteiger partial charge is 0.189 e. The standard InChI is InChI=1S/C12H13N7/c1-8-7-9(13)3-4-10(8)12-14-16-17-19(12)11-5-6-18(2)15-11/h3-7H,13H2,1-2H3. The lowest BCUT2D eigenvalue weighted by atomic mass is 10.1. The second-order valence-corrected chi connectivity index (χ2v) is 4.34. The number of aromatic nitrogens is 6. The van der Waals surface area contributed by atoms with Crippen molar-refractivity contribution in [2.75, 3.05) is 5.73 Å². The third kappa shape index (κ3) is 1.95. The monoisotopic (exact) mass is 255 g/mol. The largest absolute Gasteiger partial charge is 0.399 e. The molecule has 0 bridgehead atoms. The van der Waals surface area contributed by atoms with Crippen LogP contribution in [0.2, 0.25) is 0 Å². The van der Waals surface area contributed by atoms with E-state index < -0.39 is 0 Å². The molecule has 2 heterocycles. The van der Waals surface area contributed by atoms with Gasteiger partial charge in [0.2, 0.25) is 0 Å². The third-order valence-electron chi connectivity index (χ3n) is 2.88. The number of nitrogens with two attached hydrogens (primary N) is 1. The molecule has 0 aliphatic heterocycles. The number of benzene rings is 1. The summed E-state index contributed by atoms with van der Waals surface area (Å²) in [6.45, 7) is 1.98. The summed E-state index contributed by atoms with van der Waals surface area (Å²) in [5.41, 5.74) is 8.44. The molecule has 1 aromatic carbocycles. The number of anilines is 1. The molecule has 0 aliphatic rings. The highest BCUT2D eigenvalue weighted by Crippen LogP contribution is 2.23. The predicted octanol–water partition coefficient (Wildman–Crippen LogP) is 0.953. The van der Waals surface area contributed by atoms with Gasteiger partial charge >= 0.3 is 0 Å². The van der Waals surface area contributed by atoms with Crippen molar-refractivity contribution < 1.29 is 0 Å². The zero-order valence-electron chi connectivity index (χ0n) is 10.6. The number of aryl methyl sites for hydroxylation is 2. The lowest BCUT2D eigenvalue weighted by Crippen LogP contribution is -2.03. The first-order valence-electron chi connectivity index (χ1n) is 5.80. The fraction of sp³-hybridized carbons (Fsp3) is 0.167. The van der Waals surface area contributed by atoms with Crippen molar-refractivity contribution in [3.63, 3.8) is 0 Å². The second-order valence-electron chi connectivity index (χ2n) is 4.34. The maximum absolute atomic E-state index is 5.76. The molecule has 3 rings (SSSR count). The molecule has 0 radical (unpaired) electrons. The van der Waals surface area contributed by atoms with Crippen LogP contribution in [0.5, 0.6) is 0 Å². The van der Waals surface area contributed by atoms with Crippen molar-refractivity contribution in [3.8, 4) is 17.2 Å². The summed E-state index contributed by atoms with van der Waals surface area (Å²) < 4.78 is 3.31. The Morgan fingerprint density at radius 3 is 2.74 bits per heavy atom. The van der Waals surface area contributed by atoms with E-state index in [4.69, 9.17) is 5.73 Å². The van der Waals surface area contributed by atoms with E-state index >= 15 is 0 Å². The molecule has 96 valence electrons. The van der Waals surface area contributed by atoms with Gasteiger partial charge in [-0.2, -0.15) is 9.78 Å². The first-order valence-corrected chi connectivity index (χ1v) is 5.80. The molecule has 7 heteroatoms. The fourth-order valence-corrected chi connectivity index (χ4v) is 1.96. The molecule has 2 N–H and O–H groups in total. The highest BCUT2D eigenvalue weighted by molar-refractivity contribution is 5.64. The molecule has 0 spiro atoms. The molecule has 0 fully saturated rings. The molecule has 0 unspecified atom stereocenters. The fourth-order valence-electron chi connectivity index (χ4n) is 1.96. The van der Waals surface area contributed by atoms with E-state index in [2.05, 4.69) is 20.6 Å². The predicted molar refractivity (Wildman–Crippen MR) is 70.5 cm³/mol. The zero-order chi connectivity index (χ0) is 13.4. The Bertz CT molecular complexity index is 725. The second kappa shape index (κ2) is 4.20. The molecule has 0 atom stereocenters. The Morgan fingerprint density at radius 2 is 2.05 bits per heavy atom. The van der Waals surface area contributed by atoms with Crippen LogP contribution in [-0.4, -0.2) is 30.0 Å². The number of hydrogen-bond donors (Lipinski definition) is 1. The number of hydrogen-bond acceptors (Lipinski definition) is 5. The summed E-state index contributed by atoms with van der Waals surface area (Å²) in [5, 5.41) is 16.1. The first-order chi connectivity index (χ1) is 9.15. The van der Waals surface area contributed by atoms with Gasteiger partial charge in [0, 0.05) is 30.6 Å². The Balaban J connectivity index is 2.14. The Labute approximate surface area is 109 Å². The van der Waals surface area contributed by atoms with Crippen LogP contribution in [0.1, 0.15) is 5.56 Å². The molecular formula is C12H13N7. The van der Waals surface area contributed by atoms with Gasteiger partial charge in [0.1, 0.15) is 0 Å². The number of rotatable bonds is 2. The van der Waals surface area contributed by atoms with Gasteiger partial charge in [-0.05, 0) is 41.1 Å². The lowest BCUT2D eigenvalue weighted by Gasteiger charge is -2.05. The van der Waals surface area contributed by atoms with E-state index in [9.17, 15) is 0 Å².